The van der Waals surface area contributed by atoms with Crippen molar-refractivity contribution in [1.82, 2.24) is 4.98 Å². The number of hydrogen-bond donors (Lipinski definition) is 2. The first-order chi connectivity index (χ1) is 13.1. The zero-order valence-electron chi connectivity index (χ0n) is 14.3. The molecule has 1 heterocycles. The van der Waals surface area contributed by atoms with Crippen LogP contribution in [0.4, 0.5) is 10.8 Å². The van der Waals surface area contributed by atoms with Crippen LogP contribution < -0.4 is 10.6 Å². The van der Waals surface area contributed by atoms with Crippen molar-refractivity contribution in [2.75, 3.05) is 10.6 Å². The van der Waals surface area contributed by atoms with Crippen LogP contribution in [0, 0.1) is 11.3 Å². The van der Waals surface area contributed by atoms with Gasteiger partial charge in [0.2, 0.25) is 5.91 Å². The van der Waals surface area contributed by atoms with E-state index in [9.17, 15) is 9.59 Å². The molecule has 0 unspecified atom stereocenters. The molecule has 0 aliphatic heterocycles. The van der Waals surface area contributed by atoms with Crippen LogP contribution in [0.3, 0.4) is 0 Å². The lowest BCUT2D eigenvalue weighted by Gasteiger charge is -2.04. The molecule has 2 N–H and O–H groups in total. The van der Waals surface area contributed by atoms with Gasteiger partial charge in [0, 0.05) is 16.6 Å². The minimum absolute atomic E-state index is 0.109. The molecule has 3 rings (SSSR count). The van der Waals surface area contributed by atoms with E-state index in [0.29, 0.717) is 28.5 Å². The SMILES string of the molecule is N#CCc1ccc(NC(=O)Cc2csc(NC(=O)c3ccccc3)n2)cc1. The van der Waals surface area contributed by atoms with E-state index in [0.717, 1.165) is 5.56 Å². The van der Waals surface area contributed by atoms with Crippen LogP contribution in [-0.2, 0) is 17.6 Å². The van der Waals surface area contributed by atoms with Gasteiger partial charge in [-0.1, -0.05) is 30.3 Å². The van der Waals surface area contributed by atoms with Crippen molar-refractivity contribution in [3.05, 3.63) is 76.8 Å². The molecule has 0 spiro atoms. The molecule has 0 bridgehead atoms. The quantitative estimate of drug-likeness (QED) is 0.686. The van der Waals surface area contributed by atoms with E-state index in [1.165, 1.54) is 11.3 Å². The fourth-order valence-electron chi connectivity index (χ4n) is 2.37. The van der Waals surface area contributed by atoms with E-state index in [2.05, 4.69) is 21.7 Å². The number of thiazole rings is 1. The number of hydrogen-bond acceptors (Lipinski definition) is 5. The Morgan fingerprint density at radius 2 is 1.78 bits per heavy atom. The van der Waals surface area contributed by atoms with Gasteiger partial charge in [-0.15, -0.1) is 11.3 Å². The van der Waals surface area contributed by atoms with E-state index in [1.807, 2.05) is 6.07 Å². The monoisotopic (exact) mass is 376 g/mol. The number of nitrogens with one attached hydrogen (secondary N) is 2. The molecule has 0 saturated carbocycles. The Balaban J connectivity index is 1.54. The maximum absolute atomic E-state index is 12.2. The van der Waals surface area contributed by atoms with Gasteiger partial charge in [0.25, 0.3) is 5.91 Å². The number of benzene rings is 2. The molecule has 3 aromatic rings. The second-order valence-electron chi connectivity index (χ2n) is 5.72. The number of nitrogens with zero attached hydrogens (tertiary/aromatic N) is 2. The molecule has 6 nitrogen and oxygen atoms in total. The fourth-order valence-corrected chi connectivity index (χ4v) is 3.08. The maximum Gasteiger partial charge on any atom is 0.257 e. The van der Waals surface area contributed by atoms with E-state index in [4.69, 9.17) is 5.26 Å². The average Bonchev–Trinajstić information content (AvgIpc) is 3.11. The number of carbonyl (C=O) groups excluding carboxylic acids is 2. The summed E-state index contributed by atoms with van der Waals surface area (Å²) in [6.07, 6.45) is 0.447. The molecular formula is C20H16N4O2S. The lowest BCUT2D eigenvalue weighted by Crippen LogP contribution is -2.15. The standard InChI is InChI=1S/C20H16N4O2S/c21-11-10-14-6-8-16(9-7-14)22-18(25)12-17-13-27-20(23-17)24-19(26)15-4-2-1-3-5-15/h1-9,13H,10,12H2,(H,22,25)(H,23,24,26). The Morgan fingerprint density at radius 1 is 1.04 bits per heavy atom. The lowest BCUT2D eigenvalue weighted by atomic mass is 10.1. The summed E-state index contributed by atoms with van der Waals surface area (Å²) in [5.41, 5.74) is 2.69. The third-order valence-corrected chi connectivity index (χ3v) is 4.48. The first kappa shape index (κ1) is 18.3. The predicted octanol–water partition coefficient (Wildman–Crippen LogP) is 3.64. The molecule has 0 saturated heterocycles. The van der Waals surface area contributed by atoms with Crippen LogP contribution in [0.15, 0.2) is 60.0 Å². The van der Waals surface area contributed by atoms with Gasteiger partial charge in [-0.25, -0.2) is 4.98 Å². The zero-order valence-corrected chi connectivity index (χ0v) is 15.1. The molecular weight excluding hydrogens is 360 g/mol. The van der Waals surface area contributed by atoms with Gasteiger partial charge in [0.05, 0.1) is 24.6 Å². The Labute approximate surface area is 160 Å². The highest BCUT2D eigenvalue weighted by molar-refractivity contribution is 7.14. The summed E-state index contributed by atoms with van der Waals surface area (Å²) >= 11 is 1.27. The molecule has 2 amide bonds. The number of carbonyl (C=O) groups is 2. The van der Waals surface area contributed by atoms with Crippen molar-refractivity contribution < 1.29 is 9.59 Å². The highest BCUT2D eigenvalue weighted by Crippen LogP contribution is 2.18. The van der Waals surface area contributed by atoms with Gasteiger partial charge >= 0.3 is 0 Å². The molecule has 27 heavy (non-hydrogen) atoms. The molecule has 7 heteroatoms. The predicted molar refractivity (Wildman–Crippen MR) is 105 cm³/mol. The highest BCUT2D eigenvalue weighted by Gasteiger charge is 2.11. The van der Waals surface area contributed by atoms with Crippen LogP contribution in [0.25, 0.3) is 0 Å². The van der Waals surface area contributed by atoms with Crippen LogP contribution in [0.2, 0.25) is 0 Å². The summed E-state index contributed by atoms with van der Waals surface area (Å²) < 4.78 is 0. The molecule has 0 fully saturated rings. The molecule has 1 aromatic heterocycles. The number of rotatable bonds is 6. The van der Waals surface area contributed by atoms with Gasteiger partial charge < -0.3 is 5.32 Å². The minimum atomic E-state index is -0.238. The fraction of sp³-hybridized carbons (Fsp3) is 0.100. The molecule has 0 atom stereocenters. The molecule has 0 aliphatic carbocycles. The summed E-state index contributed by atoms with van der Waals surface area (Å²) in [4.78, 5) is 28.6. The highest BCUT2D eigenvalue weighted by atomic mass is 32.1. The number of amides is 2. The van der Waals surface area contributed by atoms with Crippen molar-refractivity contribution in [2.45, 2.75) is 12.8 Å². The summed E-state index contributed by atoms with van der Waals surface area (Å²) in [6.45, 7) is 0. The number of aromatic nitrogens is 1. The molecule has 134 valence electrons. The third-order valence-electron chi connectivity index (χ3n) is 3.67. The average molecular weight is 376 g/mol. The van der Waals surface area contributed by atoms with E-state index >= 15 is 0 Å². The van der Waals surface area contributed by atoms with Crippen LogP contribution >= 0.6 is 11.3 Å². The molecule has 0 radical (unpaired) electrons. The van der Waals surface area contributed by atoms with E-state index in [-0.39, 0.29) is 18.2 Å². The van der Waals surface area contributed by atoms with Gasteiger partial charge in [-0.3, -0.25) is 14.9 Å². The van der Waals surface area contributed by atoms with Gasteiger partial charge in [-0.05, 0) is 29.8 Å². The Kier molecular flexibility index (Phi) is 5.92. The minimum Gasteiger partial charge on any atom is -0.326 e. The van der Waals surface area contributed by atoms with Crippen molar-refractivity contribution >= 4 is 34.0 Å². The summed E-state index contributed by atoms with van der Waals surface area (Å²) in [5.74, 6) is -0.437. The van der Waals surface area contributed by atoms with Crippen LogP contribution in [0.5, 0.6) is 0 Å². The maximum atomic E-state index is 12.2. The second-order valence-corrected chi connectivity index (χ2v) is 6.58. The first-order valence-corrected chi connectivity index (χ1v) is 9.08. The smallest absolute Gasteiger partial charge is 0.257 e. The molecule has 2 aromatic carbocycles. The van der Waals surface area contributed by atoms with Crippen LogP contribution in [0.1, 0.15) is 21.6 Å². The third kappa shape index (κ3) is 5.23. The Morgan fingerprint density at radius 3 is 2.48 bits per heavy atom. The van der Waals surface area contributed by atoms with Crippen LogP contribution in [-0.4, -0.2) is 16.8 Å². The first-order valence-electron chi connectivity index (χ1n) is 8.20. The number of anilines is 2. The summed E-state index contributed by atoms with van der Waals surface area (Å²) in [6, 6.07) is 18.1. The molecule has 0 aliphatic rings. The second kappa shape index (κ2) is 8.74. The Hall–Kier alpha value is -3.50. The van der Waals surface area contributed by atoms with E-state index in [1.54, 1.807) is 53.9 Å². The van der Waals surface area contributed by atoms with Gasteiger partial charge in [0.15, 0.2) is 5.13 Å². The summed E-state index contributed by atoms with van der Waals surface area (Å²) in [5, 5.41) is 16.4. The summed E-state index contributed by atoms with van der Waals surface area (Å²) in [7, 11) is 0. The zero-order chi connectivity index (χ0) is 19.1. The van der Waals surface area contributed by atoms with Gasteiger partial charge in [-0.2, -0.15) is 5.26 Å². The topological polar surface area (TPSA) is 94.9 Å². The Bertz CT molecular complexity index is 975. The number of nitriles is 1. The normalized spacial score (nSPS) is 10.0. The largest absolute Gasteiger partial charge is 0.326 e. The van der Waals surface area contributed by atoms with Crippen molar-refractivity contribution in [1.29, 1.82) is 5.26 Å². The lowest BCUT2D eigenvalue weighted by molar-refractivity contribution is -0.115. The van der Waals surface area contributed by atoms with Crippen molar-refractivity contribution in [3.63, 3.8) is 0 Å². The van der Waals surface area contributed by atoms with Crippen molar-refractivity contribution in [3.8, 4) is 6.07 Å². The van der Waals surface area contributed by atoms with Crippen molar-refractivity contribution in [2.24, 2.45) is 0 Å². The van der Waals surface area contributed by atoms with E-state index < -0.39 is 0 Å². The van der Waals surface area contributed by atoms with Gasteiger partial charge in [0.1, 0.15) is 0 Å².